The van der Waals surface area contributed by atoms with E-state index in [9.17, 15) is 26.4 Å². The van der Waals surface area contributed by atoms with Gasteiger partial charge < -0.3 is 14.8 Å². The lowest BCUT2D eigenvalue weighted by atomic mass is 10.1. The number of sulfonamides is 1. The Kier molecular flexibility index (Phi) is 6.56. The van der Waals surface area contributed by atoms with E-state index < -0.39 is 33.4 Å². The van der Waals surface area contributed by atoms with Crippen LogP contribution in [0.1, 0.15) is 18.4 Å². The van der Waals surface area contributed by atoms with Crippen molar-refractivity contribution < 1.29 is 35.9 Å². The lowest BCUT2D eigenvalue weighted by Crippen LogP contribution is -2.31. The van der Waals surface area contributed by atoms with E-state index >= 15 is 0 Å². The molecule has 1 aliphatic rings. The molecule has 0 atom stereocenters. The fraction of sp³-hybridized carbons (Fsp3) is 0.316. The van der Waals surface area contributed by atoms with Gasteiger partial charge in [-0.2, -0.15) is 13.2 Å². The molecule has 0 aromatic heterocycles. The first-order valence-electron chi connectivity index (χ1n) is 8.99. The quantitative estimate of drug-likeness (QED) is 0.642. The van der Waals surface area contributed by atoms with Gasteiger partial charge in [0.1, 0.15) is 0 Å². The predicted molar refractivity (Wildman–Crippen MR) is 109 cm³/mol. The summed E-state index contributed by atoms with van der Waals surface area (Å²) in [7, 11) is -3.68. The Hall–Kier alpha value is -2.66. The van der Waals surface area contributed by atoms with Gasteiger partial charge in [0.2, 0.25) is 22.7 Å². The van der Waals surface area contributed by atoms with Gasteiger partial charge in [0.05, 0.1) is 23.2 Å². The predicted octanol–water partition coefficient (Wildman–Crippen LogP) is 4.27. The number of rotatable bonds is 7. The molecule has 0 radical (unpaired) electrons. The summed E-state index contributed by atoms with van der Waals surface area (Å²) in [6, 6.07) is 7.64. The number of hydrogen-bond donors (Lipinski definition) is 1. The van der Waals surface area contributed by atoms with Crippen molar-refractivity contribution in [2.24, 2.45) is 0 Å². The summed E-state index contributed by atoms with van der Waals surface area (Å²) in [5, 5.41) is 2.10. The van der Waals surface area contributed by atoms with Crippen molar-refractivity contribution in [2.75, 3.05) is 29.2 Å². The number of nitrogens with zero attached hydrogens (tertiary/aromatic N) is 1. The number of carbonyl (C=O) groups is 1. The van der Waals surface area contributed by atoms with E-state index in [1.54, 1.807) is 6.07 Å². The van der Waals surface area contributed by atoms with Gasteiger partial charge in [-0.05, 0) is 36.8 Å². The lowest BCUT2D eigenvalue weighted by molar-refractivity contribution is -0.137. The lowest BCUT2D eigenvalue weighted by Gasteiger charge is -2.22. The van der Waals surface area contributed by atoms with Gasteiger partial charge in [-0.15, -0.1) is 0 Å². The van der Waals surface area contributed by atoms with E-state index in [0.29, 0.717) is 17.2 Å². The van der Waals surface area contributed by atoms with Crippen molar-refractivity contribution in [1.82, 2.24) is 0 Å². The third kappa shape index (κ3) is 5.73. The molecule has 0 unspecified atom stereocenters. The van der Waals surface area contributed by atoms with Gasteiger partial charge in [0.15, 0.2) is 11.5 Å². The molecule has 12 heteroatoms. The van der Waals surface area contributed by atoms with Crippen molar-refractivity contribution in [2.45, 2.75) is 19.0 Å². The second-order valence-electron chi connectivity index (χ2n) is 6.71. The van der Waals surface area contributed by atoms with Gasteiger partial charge in [0.25, 0.3) is 0 Å². The summed E-state index contributed by atoms with van der Waals surface area (Å²) in [5.41, 5.74) is -1.16. The van der Waals surface area contributed by atoms with Crippen LogP contribution in [0.5, 0.6) is 11.5 Å². The first-order chi connectivity index (χ1) is 14.4. The van der Waals surface area contributed by atoms with E-state index in [2.05, 4.69) is 5.32 Å². The molecule has 1 aliphatic heterocycles. The van der Waals surface area contributed by atoms with Gasteiger partial charge >= 0.3 is 6.18 Å². The molecule has 0 spiro atoms. The van der Waals surface area contributed by atoms with Crippen molar-refractivity contribution in [3.63, 3.8) is 0 Å². The maximum Gasteiger partial charge on any atom is 0.418 e. The Balaban J connectivity index is 1.66. The number of carbonyl (C=O) groups excluding carboxylic acids is 1. The number of halogens is 4. The Morgan fingerprint density at radius 1 is 1.16 bits per heavy atom. The topological polar surface area (TPSA) is 84.9 Å². The molecule has 2 aromatic carbocycles. The van der Waals surface area contributed by atoms with E-state index in [1.165, 1.54) is 18.2 Å². The smallest absolute Gasteiger partial charge is 0.418 e. The second-order valence-corrected chi connectivity index (χ2v) is 9.06. The molecule has 1 N–H and O–H groups in total. The molecule has 3 rings (SSSR count). The number of ether oxygens (including phenoxy) is 2. The van der Waals surface area contributed by atoms with Crippen LogP contribution in [0.15, 0.2) is 36.4 Å². The highest BCUT2D eigenvalue weighted by atomic mass is 35.5. The number of hydrogen-bond acceptors (Lipinski definition) is 5. The third-order valence-electron chi connectivity index (χ3n) is 4.37. The molecule has 31 heavy (non-hydrogen) atoms. The number of alkyl halides is 3. The minimum atomic E-state index is -4.69. The molecule has 168 valence electrons. The largest absolute Gasteiger partial charge is 0.454 e. The van der Waals surface area contributed by atoms with Crippen molar-refractivity contribution in [3.05, 3.63) is 47.0 Å². The number of fused-ring (bicyclic) bond motifs is 1. The van der Waals surface area contributed by atoms with E-state index in [0.717, 1.165) is 22.7 Å². The number of anilines is 2. The molecule has 0 saturated heterocycles. The van der Waals surface area contributed by atoms with Crippen molar-refractivity contribution in [3.8, 4) is 11.5 Å². The molecule has 1 heterocycles. The third-order valence-corrected chi connectivity index (χ3v) is 5.80. The van der Waals surface area contributed by atoms with Crippen LogP contribution in [0.25, 0.3) is 0 Å². The van der Waals surface area contributed by atoms with Gasteiger partial charge in [-0.1, -0.05) is 11.6 Å². The number of benzene rings is 2. The van der Waals surface area contributed by atoms with Crippen LogP contribution in [0.2, 0.25) is 5.02 Å². The monoisotopic (exact) mass is 478 g/mol. The summed E-state index contributed by atoms with van der Waals surface area (Å²) in [6.45, 7) is -0.0267. The first kappa shape index (κ1) is 23.0. The first-order valence-corrected chi connectivity index (χ1v) is 11.2. The summed E-state index contributed by atoms with van der Waals surface area (Å²) in [4.78, 5) is 12.2. The Morgan fingerprint density at radius 3 is 2.55 bits per heavy atom. The summed E-state index contributed by atoms with van der Waals surface area (Å²) >= 11 is 5.62. The second kappa shape index (κ2) is 8.83. The van der Waals surface area contributed by atoms with Crippen LogP contribution in [0.4, 0.5) is 24.5 Å². The molecule has 1 amide bonds. The van der Waals surface area contributed by atoms with Crippen LogP contribution >= 0.6 is 11.6 Å². The van der Waals surface area contributed by atoms with Crippen molar-refractivity contribution >= 4 is 38.9 Å². The molecule has 7 nitrogen and oxygen atoms in total. The molecular weight excluding hydrogens is 461 g/mol. The Bertz CT molecular complexity index is 1090. The fourth-order valence-corrected chi connectivity index (χ4v) is 4.11. The molecular formula is C19H18ClF3N2O5S. The zero-order valence-corrected chi connectivity index (χ0v) is 17.8. The van der Waals surface area contributed by atoms with Gasteiger partial charge in [-0.3, -0.25) is 9.10 Å². The zero-order chi connectivity index (χ0) is 22.8. The normalized spacial score (nSPS) is 13.2. The van der Waals surface area contributed by atoms with Crippen LogP contribution in [-0.2, 0) is 21.0 Å². The van der Waals surface area contributed by atoms with Gasteiger partial charge in [0, 0.05) is 24.1 Å². The molecule has 0 saturated carbocycles. The SMILES string of the molecule is CS(=O)(=O)N(CCCC(=O)Nc1ccc(Cl)cc1C(F)(F)F)c1ccc2c(c1)OCO2. The minimum Gasteiger partial charge on any atom is -0.454 e. The summed E-state index contributed by atoms with van der Waals surface area (Å²) in [5.74, 6) is 0.193. The molecule has 0 bridgehead atoms. The average Bonchev–Trinajstić information content (AvgIpc) is 3.12. The van der Waals surface area contributed by atoms with E-state index in [4.69, 9.17) is 21.1 Å². The zero-order valence-electron chi connectivity index (χ0n) is 16.2. The highest BCUT2D eigenvalue weighted by Gasteiger charge is 2.34. The maximum absolute atomic E-state index is 13.1. The fourth-order valence-electron chi connectivity index (χ4n) is 2.98. The van der Waals surface area contributed by atoms with Crippen LogP contribution < -0.4 is 19.1 Å². The Labute approximate surface area is 181 Å². The molecule has 0 fully saturated rings. The standard InChI is InChI=1S/C19H18ClF3N2O5S/c1-31(27,28)25(13-5-7-16-17(10-13)30-11-29-16)8-2-3-18(26)24-15-6-4-12(20)9-14(15)19(21,22)23/h4-7,9-10H,2-3,8,11H2,1H3,(H,24,26). The molecule has 2 aromatic rings. The van der Waals surface area contributed by atoms with E-state index in [-0.39, 0.29) is 31.2 Å². The maximum atomic E-state index is 13.1. The van der Waals surface area contributed by atoms with E-state index in [1.807, 2.05) is 0 Å². The highest BCUT2D eigenvalue weighted by molar-refractivity contribution is 7.92. The van der Waals surface area contributed by atoms with Crippen molar-refractivity contribution in [1.29, 1.82) is 0 Å². The number of nitrogens with one attached hydrogen (secondary N) is 1. The Morgan fingerprint density at radius 2 is 1.87 bits per heavy atom. The molecule has 0 aliphatic carbocycles. The van der Waals surface area contributed by atoms with Crippen LogP contribution in [-0.4, -0.2) is 33.9 Å². The average molecular weight is 479 g/mol. The van der Waals surface area contributed by atoms with Gasteiger partial charge in [-0.25, -0.2) is 8.42 Å². The minimum absolute atomic E-state index is 0.0302. The summed E-state index contributed by atoms with van der Waals surface area (Å²) in [6.07, 6.45) is -3.81. The van der Waals surface area contributed by atoms with Crippen LogP contribution in [0, 0.1) is 0 Å². The summed E-state index contributed by atoms with van der Waals surface area (Å²) < 4.78 is 75.4. The number of amides is 1. The van der Waals surface area contributed by atoms with Crippen LogP contribution in [0.3, 0.4) is 0 Å². The highest BCUT2D eigenvalue weighted by Crippen LogP contribution is 2.37.